The maximum atomic E-state index is 13.6. The molecule has 94 valence electrons. The highest BCUT2D eigenvalue weighted by molar-refractivity contribution is 5.80. The Hall–Kier alpha value is -1.88. The van der Waals surface area contributed by atoms with E-state index in [4.69, 9.17) is 0 Å². The Morgan fingerprint density at radius 3 is 3.00 bits per heavy atom. The van der Waals surface area contributed by atoms with Gasteiger partial charge in [-0.15, -0.1) is 0 Å². The first kappa shape index (κ1) is 11.2. The van der Waals surface area contributed by atoms with Crippen LogP contribution in [0.25, 0.3) is 16.8 Å². The number of fused-ring (bicyclic) bond motifs is 3. The molecule has 0 saturated heterocycles. The molecule has 0 radical (unpaired) electrons. The highest BCUT2D eigenvalue weighted by atomic mass is 19.1. The van der Waals surface area contributed by atoms with Gasteiger partial charge in [0.1, 0.15) is 5.52 Å². The summed E-state index contributed by atoms with van der Waals surface area (Å²) in [7, 11) is 3.89. The van der Waals surface area contributed by atoms with Crippen LogP contribution in [0, 0.1) is 5.82 Å². The van der Waals surface area contributed by atoms with Crippen LogP contribution in [-0.4, -0.2) is 27.5 Å². The second-order valence-corrected chi connectivity index (χ2v) is 4.42. The number of rotatable bonds is 3. The Balaban J connectivity index is 2.23. The van der Waals surface area contributed by atoms with Gasteiger partial charge in [0.15, 0.2) is 5.82 Å². The van der Waals surface area contributed by atoms with Crippen LogP contribution in [0.4, 0.5) is 4.39 Å². The van der Waals surface area contributed by atoms with Gasteiger partial charge in [-0.2, -0.15) is 0 Å². The van der Waals surface area contributed by atoms with Gasteiger partial charge in [-0.1, -0.05) is 6.07 Å². The van der Waals surface area contributed by atoms with Gasteiger partial charge in [0.2, 0.25) is 5.78 Å². The minimum atomic E-state index is -0.270. The van der Waals surface area contributed by atoms with E-state index in [0.29, 0.717) is 5.52 Å². The first-order valence-corrected chi connectivity index (χ1v) is 5.98. The fraction of sp³-hybridized carbons (Fsp3) is 0.308. The highest BCUT2D eigenvalue weighted by Crippen LogP contribution is 2.21. The summed E-state index contributed by atoms with van der Waals surface area (Å²) in [6.45, 7) is 0.910. The van der Waals surface area contributed by atoms with Crippen LogP contribution in [0.3, 0.4) is 0 Å². The molecule has 18 heavy (non-hydrogen) atoms. The molecule has 2 aromatic heterocycles. The number of aryl methyl sites for hydroxylation is 1. The first-order chi connectivity index (χ1) is 8.72. The van der Waals surface area contributed by atoms with E-state index in [1.807, 2.05) is 35.3 Å². The van der Waals surface area contributed by atoms with Crippen LogP contribution >= 0.6 is 0 Å². The van der Waals surface area contributed by atoms with Crippen LogP contribution < -0.4 is 5.32 Å². The van der Waals surface area contributed by atoms with Crippen LogP contribution in [0.5, 0.6) is 0 Å². The summed E-state index contributed by atoms with van der Waals surface area (Å²) in [5.41, 5.74) is 2.43. The molecule has 0 unspecified atom stereocenters. The van der Waals surface area contributed by atoms with E-state index in [1.54, 1.807) is 6.07 Å². The molecule has 0 aliphatic heterocycles. The quantitative estimate of drug-likeness (QED) is 0.763. The van der Waals surface area contributed by atoms with Crippen molar-refractivity contribution in [2.45, 2.75) is 6.42 Å². The first-order valence-electron chi connectivity index (χ1n) is 5.98. The standard InChI is InChI=1S/C13H15FN4/c1-15-7-6-9-8-18-11-5-3-4-10(14)12(11)16-13(18)17(9)2/h3-5,8,15H,6-7H2,1-2H3. The number of para-hydroxylation sites is 1. The zero-order valence-electron chi connectivity index (χ0n) is 10.4. The Bertz CT molecular complexity index is 710. The average molecular weight is 246 g/mol. The third kappa shape index (κ3) is 1.51. The van der Waals surface area contributed by atoms with Crippen molar-refractivity contribution in [2.75, 3.05) is 13.6 Å². The number of halogens is 1. The lowest BCUT2D eigenvalue weighted by atomic mass is 10.3. The van der Waals surface area contributed by atoms with Gasteiger partial charge in [0, 0.05) is 31.9 Å². The molecule has 2 heterocycles. The molecule has 3 aromatic rings. The van der Waals surface area contributed by atoms with E-state index in [2.05, 4.69) is 10.3 Å². The van der Waals surface area contributed by atoms with Crippen molar-refractivity contribution in [3.8, 4) is 0 Å². The molecule has 0 aliphatic rings. The Morgan fingerprint density at radius 2 is 2.22 bits per heavy atom. The van der Waals surface area contributed by atoms with Crippen LogP contribution in [-0.2, 0) is 13.5 Å². The summed E-state index contributed by atoms with van der Waals surface area (Å²) < 4.78 is 17.6. The van der Waals surface area contributed by atoms with Crippen LogP contribution in [0.15, 0.2) is 24.4 Å². The molecule has 4 nitrogen and oxygen atoms in total. The maximum Gasteiger partial charge on any atom is 0.215 e. The van der Waals surface area contributed by atoms with E-state index in [-0.39, 0.29) is 5.82 Å². The van der Waals surface area contributed by atoms with Crippen LogP contribution in [0.2, 0.25) is 0 Å². The number of aromatic nitrogens is 3. The van der Waals surface area contributed by atoms with Gasteiger partial charge in [0.05, 0.1) is 5.52 Å². The SMILES string of the molecule is CNCCc1cn2c3cccc(F)c3nc2n1C. The molecule has 1 aromatic carbocycles. The van der Waals surface area contributed by atoms with Crippen molar-refractivity contribution in [3.63, 3.8) is 0 Å². The predicted molar refractivity (Wildman–Crippen MR) is 69.3 cm³/mol. The topological polar surface area (TPSA) is 34.3 Å². The Labute approximate surface area is 104 Å². The van der Waals surface area contributed by atoms with Gasteiger partial charge in [-0.05, 0) is 19.2 Å². The zero-order valence-corrected chi connectivity index (χ0v) is 10.4. The number of likely N-dealkylation sites (N-methyl/N-ethyl adjacent to an activating group) is 1. The number of nitrogens with zero attached hydrogens (tertiary/aromatic N) is 3. The number of nitrogens with one attached hydrogen (secondary N) is 1. The smallest absolute Gasteiger partial charge is 0.215 e. The molecule has 0 saturated carbocycles. The molecule has 0 atom stereocenters. The molecular weight excluding hydrogens is 231 g/mol. The molecule has 0 aliphatic carbocycles. The molecule has 0 spiro atoms. The van der Waals surface area contributed by atoms with E-state index < -0.39 is 0 Å². The molecule has 0 bridgehead atoms. The lowest BCUT2D eigenvalue weighted by molar-refractivity contribution is 0.637. The maximum absolute atomic E-state index is 13.6. The van der Waals surface area contributed by atoms with Gasteiger partial charge in [-0.3, -0.25) is 4.40 Å². The number of hydrogen-bond donors (Lipinski definition) is 1. The normalized spacial score (nSPS) is 11.7. The second-order valence-electron chi connectivity index (χ2n) is 4.42. The monoisotopic (exact) mass is 246 g/mol. The second kappa shape index (κ2) is 4.10. The number of benzene rings is 1. The number of imidazole rings is 2. The van der Waals surface area contributed by atoms with Gasteiger partial charge in [-0.25, -0.2) is 9.37 Å². The Kier molecular flexibility index (Phi) is 2.56. The molecule has 5 heteroatoms. The van der Waals surface area contributed by atoms with E-state index in [1.165, 1.54) is 11.8 Å². The molecular formula is C13H15FN4. The summed E-state index contributed by atoms with van der Waals surface area (Å²) in [6, 6.07) is 5.04. The predicted octanol–water partition coefficient (Wildman–Crippen LogP) is 1.73. The van der Waals surface area contributed by atoms with Gasteiger partial charge in [0.25, 0.3) is 0 Å². The van der Waals surface area contributed by atoms with Crippen molar-refractivity contribution >= 4 is 16.8 Å². The number of hydrogen-bond acceptors (Lipinski definition) is 2. The van der Waals surface area contributed by atoms with Crippen molar-refractivity contribution in [1.29, 1.82) is 0 Å². The summed E-state index contributed by atoms with van der Waals surface area (Å²) >= 11 is 0. The van der Waals surface area contributed by atoms with Crippen molar-refractivity contribution < 1.29 is 4.39 Å². The fourth-order valence-electron chi connectivity index (χ4n) is 2.28. The lowest BCUT2D eigenvalue weighted by Gasteiger charge is -2.00. The highest BCUT2D eigenvalue weighted by Gasteiger charge is 2.13. The Morgan fingerprint density at radius 1 is 1.39 bits per heavy atom. The summed E-state index contributed by atoms with van der Waals surface area (Å²) in [5, 5.41) is 3.12. The van der Waals surface area contributed by atoms with Crippen molar-refractivity contribution in [3.05, 3.63) is 35.9 Å². The average Bonchev–Trinajstić information content (AvgIpc) is 2.87. The molecule has 3 rings (SSSR count). The van der Waals surface area contributed by atoms with E-state index in [0.717, 1.165) is 24.3 Å². The summed E-state index contributed by atoms with van der Waals surface area (Å²) in [5.74, 6) is 0.508. The molecule has 0 amide bonds. The minimum absolute atomic E-state index is 0.270. The van der Waals surface area contributed by atoms with E-state index in [9.17, 15) is 4.39 Å². The summed E-state index contributed by atoms with van der Waals surface area (Å²) in [4.78, 5) is 4.37. The fourth-order valence-corrected chi connectivity index (χ4v) is 2.28. The summed E-state index contributed by atoms with van der Waals surface area (Å²) in [6.07, 6.45) is 2.95. The molecule has 1 N–H and O–H groups in total. The van der Waals surface area contributed by atoms with Crippen LogP contribution in [0.1, 0.15) is 5.69 Å². The van der Waals surface area contributed by atoms with Gasteiger partial charge >= 0.3 is 0 Å². The van der Waals surface area contributed by atoms with Crippen molar-refractivity contribution in [2.24, 2.45) is 7.05 Å². The largest absolute Gasteiger partial charge is 0.319 e. The van der Waals surface area contributed by atoms with Crippen molar-refractivity contribution in [1.82, 2.24) is 19.3 Å². The van der Waals surface area contributed by atoms with Gasteiger partial charge < -0.3 is 9.88 Å². The third-order valence-electron chi connectivity index (χ3n) is 3.29. The van der Waals surface area contributed by atoms with E-state index >= 15 is 0 Å². The minimum Gasteiger partial charge on any atom is -0.319 e. The molecule has 0 fully saturated rings. The third-order valence-corrected chi connectivity index (χ3v) is 3.29. The lowest BCUT2D eigenvalue weighted by Crippen LogP contribution is -2.12. The zero-order chi connectivity index (χ0) is 12.7.